The molecule has 3 heterocycles. The molecule has 0 aliphatic carbocycles. The van der Waals surface area contributed by atoms with Crippen molar-refractivity contribution < 1.29 is 8.42 Å². The highest BCUT2D eigenvalue weighted by atomic mass is 32.2. The smallest absolute Gasteiger partial charge is 0.264 e. The van der Waals surface area contributed by atoms with Crippen molar-refractivity contribution in [1.29, 1.82) is 10.5 Å². The van der Waals surface area contributed by atoms with Crippen molar-refractivity contribution in [3.8, 4) is 23.3 Å². The summed E-state index contributed by atoms with van der Waals surface area (Å²) in [6.07, 6.45) is 0. The Morgan fingerprint density at radius 2 is 1.70 bits per heavy atom. The molecule has 5 aromatic carbocycles. The van der Waals surface area contributed by atoms with Crippen LogP contribution in [0.15, 0.2) is 81.3 Å². The molecule has 0 atom stereocenters. The van der Waals surface area contributed by atoms with Crippen molar-refractivity contribution in [3.05, 3.63) is 99.6 Å². The fraction of sp³-hybridized carbons (Fsp3) is 0. The third kappa shape index (κ3) is 2.44. The molecule has 0 N–H and O–H groups in total. The minimum atomic E-state index is -4.24. The van der Waals surface area contributed by atoms with Gasteiger partial charge in [0.15, 0.2) is 9.84 Å². The van der Waals surface area contributed by atoms with Crippen LogP contribution in [0.2, 0.25) is 0 Å². The number of sulfone groups is 1. The monoisotopic (exact) mass is 533 g/mol. The summed E-state index contributed by atoms with van der Waals surface area (Å²) in [5.41, 5.74) is 1.73. The summed E-state index contributed by atoms with van der Waals surface area (Å²) >= 11 is 0. The van der Waals surface area contributed by atoms with Crippen molar-refractivity contribution in [2.75, 3.05) is 0 Å². The highest BCUT2D eigenvalue weighted by Gasteiger charge is 2.37. The molecule has 0 spiro atoms. The van der Waals surface area contributed by atoms with Gasteiger partial charge in [0.25, 0.3) is 5.56 Å². The van der Waals surface area contributed by atoms with Crippen LogP contribution in [-0.4, -0.2) is 17.8 Å². The predicted molar refractivity (Wildman–Crippen MR) is 149 cm³/mol. The molecule has 1 aliphatic rings. The second kappa shape index (κ2) is 7.18. The Kier molecular flexibility index (Phi) is 3.98. The van der Waals surface area contributed by atoms with Crippen molar-refractivity contribution >= 4 is 64.5 Å². The lowest BCUT2D eigenvalue weighted by Crippen LogP contribution is -2.19. The van der Waals surface area contributed by atoms with E-state index in [1.54, 1.807) is 0 Å². The molecule has 0 amide bonds. The van der Waals surface area contributed by atoms with Gasteiger partial charge in [0.1, 0.15) is 5.65 Å². The van der Waals surface area contributed by atoms with E-state index in [-0.39, 0.29) is 54.2 Å². The molecule has 7 aromatic rings. The van der Waals surface area contributed by atoms with E-state index in [1.807, 2.05) is 42.5 Å². The maximum Gasteiger partial charge on any atom is 0.264 e. The van der Waals surface area contributed by atoms with Gasteiger partial charge in [-0.15, -0.1) is 0 Å². The Balaban J connectivity index is 1.76. The second-order valence-electron chi connectivity index (χ2n) is 9.65. The van der Waals surface area contributed by atoms with Crippen LogP contribution >= 0.6 is 0 Å². The Morgan fingerprint density at radius 1 is 0.900 bits per heavy atom. The Morgan fingerprint density at radius 3 is 2.45 bits per heavy atom. The number of benzene rings is 5. The fourth-order valence-corrected chi connectivity index (χ4v) is 7.94. The summed E-state index contributed by atoms with van der Waals surface area (Å²) in [4.78, 5) is 22.3. The van der Waals surface area contributed by atoms with Crippen LogP contribution in [0.25, 0.3) is 65.0 Å². The molecule has 8 nitrogen and oxygen atoms in total. The van der Waals surface area contributed by atoms with E-state index < -0.39 is 15.4 Å². The van der Waals surface area contributed by atoms with Crippen molar-refractivity contribution in [1.82, 2.24) is 9.38 Å². The molecule has 1 aliphatic heterocycles. The molecule has 0 saturated heterocycles. The third-order valence-electron chi connectivity index (χ3n) is 7.73. The van der Waals surface area contributed by atoms with Crippen molar-refractivity contribution in [3.63, 3.8) is 0 Å². The molecule has 0 saturated carbocycles. The molecule has 2 aromatic heterocycles. The molecule has 0 bridgehead atoms. The lowest BCUT2D eigenvalue weighted by atomic mass is 9.88. The minimum absolute atomic E-state index is 0.0763. The van der Waals surface area contributed by atoms with Gasteiger partial charge in [-0.25, -0.2) is 18.2 Å². The van der Waals surface area contributed by atoms with Crippen LogP contribution in [0, 0.1) is 29.2 Å². The van der Waals surface area contributed by atoms with E-state index >= 15 is 0 Å². The van der Waals surface area contributed by atoms with Gasteiger partial charge in [-0.2, -0.15) is 10.5 Å². The standard InChI is InChI=1S/C31H11N5O3S/c1-34-22-12-19-27-20(31(37)36-23-7-3-5-16-4-2-6-21(26(16)23)35-30(19)36)11-17(14-33)25-18-10-15(13-32)8-9-24(18)40(38,39)29(22)28(25)27/h2-12H. The first-order valence-corrected chi connectivity index (χ1v) is 13.6. The lowest BCUT2D eigenvalue weighted by Gasteiger charge is -2.25. The summed E-state index contributed by atoms with van der Waals surface area (Å²) in [6, 6.07) is 22.5. The normalized spacial score (nSPS) is 13.4. The highest BCUT2D eigenvalue weighted by molar-refractivity contribution is 7.92. The number of fused-ring (bicyclic) bond motifs is 5. The van der Waals surface area contributed by atoms with Crippen LogP contribution in [0.4, 0.5) is 5.69 Å². The number of aromatic nitrogens is 2. The van der Waals surface area contributed by atoms with Gasteiger partial charge in [-0.3, -0.25) is 9.20 Å². The summed E-state index contributed by atoms with van der Waals surface area (Å²) in [5.74, 6) is 0. The van der Waals surface area contributed by atoms with Gasteiger partial charge in [0, 0.05) is 32.7 Å². The summed E-state index contributed by atoms with van der Waals surface area (Å²) < 4.78 is 29.5. The van der Waals surface area contributed by atoms with Crippen LogP contribution < -0.4 is 5.56 Å². The van der Waals surface area contributed by atoms with E-state index in [9.17, 15) is 23.7 Å². The summed E-state index contributed by atoms with van der Waals surface area (Å²) in [7, 11) is -4.24. The third-order valence-corrected chi connectivity index (χ3v) is 9.61. The van der Waals surface area contributed by atoms with E-state index in [4.69, 9.17) is 11.6 Å². The molecular weight excluding hydrogens is 522 g/mol. The van der Waals surface area contributed by atoms with E-state index in [0.29, 0.717) is 21.8 Å². The zero-order chi connectivity index (χ0) is 27.5. The Bertz CT molecular complexity index is 2660. The first-order valence-electron chi connectivity index (χ1n) is 12.1. The predicted octanol–water partition coefficient (Wildman–Crippen LogP) is 5.85. The van der Waals surface area contributed by atoms with Gasteiger partial charge >= 0.3 is 0 Å². The van der Waals surface area contributed by atoms with Gasteiger partial charge in [0.05, 0.1) is 56.0 Å². The van der Waals surface area contributed by atoms with Crippen LogP contribution in [0.1, 0.15) is 11.1 Å². The maximum absolute atomic E-state index is 14.2. The molecule has 8 rings (SSSR count). The topological polar surface area (TPSA) is 120 Å². The van der Waals surface area contributed by atoms with Crippen LogP contribution in [0.5, 0.6) is 0 Å². The zero-order valence-corrected chi connectivity index (χ0v) is 21.0. The number of nitriles is 2. The molecule has 40 heavy (non-hydrogen) atoms. The molecule has 184 valence electrons. The molecular formula is C31H11N5O3S. The van der Waals surface area contributed by atoms with Gasteiger partial charge in [0.2, 0.25) is 5.69 Å². The van der Waals surface area contributed by atoms with Crippen molar-refractivity contribution in [2.45, 2.75) is 9.79 Å². The Labute approximate surface area is 225 Å². The van der Waals surface area contributed by atoms with Crippen molar-refractivity contribution in [2.24, 2.45) is 0 Å². The number of hydrogen-bond acceptors (Lipinski definition) is 6. The average Bonchev–Trinajstić information content (AvgIpc) is 2.97. The zero-order valence-electron chi connectivity index (χ0n) is 20.2. The van der Waals surface area contributed by atoms with Gasteiger partial charge in [-0.05, 0) is 47.9 Å². The van der Waals surface area contributed by atoms with E-state index in [2.05, 4.69) is 10.9 Å². The number of pyridine rings is 1. The fourth-order valence-electron chi connectivity index (χ4n) is 6.17. The number of nitrogens with zero attached hydrogens (tertiary/aromatic N) is 5. The average molecular weight is 534 g/mol. The summed E-state index contributed by atoms with van der Waals surface area (Å²) in [6.45, 7) is 7.94. The number of rotatable bonds is 0. The van der Waals surface area contributed by atoms with Crippen LogP contribution in [0.3, 0.4) is 0 Å². The quantitative estimate of drug-likeness (QED) is 0.137. The van der Waals surface area contributed by atoms with Crippen LogP contribution in [-0.2, 0) is 9.84 Å². The lowest BCUT2D eigenvalue weighted by molar-refractivity contribution is 0.597. The largest absolute Gasteiger partial charge is 0.268 e. The first-order chi connectivity index (χ1) is 19.4. The first kappa shape index (κ1) is 22.2. The SMILES string of the molecule is [C-]#[N+]c1cc2c3c4c(c(C#N)cc3c(=O)n3c5cccc6cccc(nc23)c65)-c2cc(C#N)ccc2S(=O)(=O)c14. The molecule has 0 radical (unpaired) electrons. The van der Waals surface area contributed by atoms with E-state index in [0.717, 1.165) is 10.8 Å². The second-order valence-corrected chi connectivity index (χ2v) is 11.5. The number of hydrogen-bond donors (Lipinski definition) is 0. The highest BCUT2D eigenvalue weighted by Crippen LogP contribution is 2.52. The molecule has 9 heteroatoms. The molecule has 0 unspecified atom stereocenters. The maximum atomic E-state index is 14.2. The minimum Gasteiger partial charge on any atom is -0.268 e. The van der Waals surface area contributed by atoms with Gasteiger partial charge in [-0.1, -0.05) is 24.3 Å². The van der Waals surface area contributed by atoms with Gasteiger partial charge < -0.3 is 0 Å². The summed E-state index contributed by atoms with van der Waals surface area (Å²) in [5, 5.41) is 22.5. The Hall–Kier alpha value is -5.82. The van der Waals surface area contributed by atoms with E-state index in [1.165, 1.54) is 34.7 Å². The molecule has 0 fully saturated rings.